The number of aromatic nitrogens is 2. The maximum atomic E-state index is 13.4. The van der Waals surface area contributed by atoms with E-state index in [0.717, 1.165) is 6.07 Å². The molecular weight excluding hydrogens is 445 g/mol. The highest BCUT2D eigenvalue weighted by molar-refractivity contribution is 6.36. The first kappa shape index (κ1) is 23.5. The molecule has 9 heteroatoms. The van der Waals surface area contributed by atoms with Gasteiger partial charge < -0.3 is 4.74 Å². The van der Waals surface area contributed by atoms with E-state index in [-0.39, 0.29) is 45.5 Å². The van der Waals surface area contributed by atoms with Crippen LogP contribution in [0.1, 0.15) is 49.9 Å². The number of ether oxygens (including phenoxy) is 1. The van der Waals surface area contributed by atoms with Crippen LogP contribution in [0.2, 0.25) is 5.02 Å². The van der Waals surface area contributed by atoms with Gasteiger partial charge in [-0.2, -0.15) is 18.3 Å². The van der Waals surface area contributed by atoms with Crippen molar-refractivity contribution in [1.29, 1.82) is 0 Å². The topological polar surface area (TPSA) is 61.2 Å². The van der Waals surface area contributed by atoms with E-state index in [2.05, 4.69) is 5.10 Å². The van der Waals surface area contributed by atoms with Crippen LogP contribution in [0.3, 0.4) is 0 Å². The molecule has 0 amide bonds. The Hall–Kier alpha value is -3.13. The quantitative estimate of drug-likeness (QED) is 0.422. The number of hydrogen-bond donors (Lipinski definition) is 0. The van der Waals surface area contributed by atoms with Gasteiger partial charge in [0.05, 0.1) is 16.8 Å². The molecule has 1 aromatic heterocycles. The molecule has 0 aliphatic rings. The highest BCUT2D eigenvalue weighted by Crippen LogP contribution is 2.39. The lowest BCUT2D eigenvalue weighted by molar-refractivity contribution is -0.138. The average molecular weight is 465 g/mol. The number of ketones is 2. The summed E-state index contributed by atoms with van der Waals surface area (Å²) in [4.78, 5) is 25.6. The highest BCUT2D eigenvalue weighted by atomic mass is 35.5. The summed E-state index contributed by atoms with van der Waals surface area (Å²) in [6.45, 7) is 4.27. The normalized spacial score (nSPS) is 11.5. The summed E-state index contributed by atoms with van der Waals surface area (Å²) < 4.78 is 47.1. The number of carbonyl (C=O) groups is 2. The number of carbonyl (C=O) groups excluding carboxylic acids is 2. The van der Waals surface area contributed by atoms with E-state index in [4.69, 9.17) is 16.3 Å². The molecule has 3 aromatic rings. The molecule has 3 rings (SSSR count). The predicted octanol–water partition coefficient (Wildman–Crippen LogP) is 5.68. The first-order valence-electron chi connectivity index (χ1n) is 9.74. The monoisotopic (exact) mass is 464 g/mol. The SMILES string of the molecule is CCn1ncc(C(=O)c2cc(C)c(C(F)(F)F)c(C)c2Cl)c1OCC(=O)c1ccccc1. The number of aryl methyl sites for hydroxylation is 2. The van der Waals surface area contributed by atoms with Gasteiger partial charge in [0.15, 0.2) is 12.4 Å². The van der Waals surface area contributed by atoms with Crippen molar-refractivity contribution in [1.82, 2.24) is 9.78 Å². The van der Waals surface area contributed by atoms with Gasteiger partial charge in [0.2, 0.25) is 11.7 Å². The molecule has 0 N–H and O–H groups in total. The minimum absolute atomic E-state index is 0.00757. The molecule has 2 aromatic carbocycles. The van der Waals surface area contributed by atoms with Crippen molar-refractivity contribution in [2.24, 2.45) is 0 Å². The molecule has 168 valence electrons. The summed E-state index contributed by atoms with van der Waals surface area (Å²) in [5.41, 5.74) is -0.856. The van der Waals surface area contributed by atoms with Gasteiger partial charge in [-0.15, -0.1) is 0 Å². The van der Waals surface area contributed by atoms with Crippen molar-refractivity contribution in [3.63, 3.8) is 0 Å². The van der Waals surface area contributed by atoms with Gasteiger partial charge in [0, 0.05) is 17.7 Å². The van der Waals surface area contributed by atoms with Crippen molar-refractivity contribution in [3.05, 3.63) is 81.0 Å². The Balaban J connectivity index is 1.96. The third kappa shape index (κ3) is 4.55. The molecule has 0 atom stereocenters. The predicted molar refractivity (Wildman–Crippen MR) is 114 cm³/mol. The highest BCUT2D eigenvalue weighted by Gasteiger charge is 2.36. The van der Waals surface area contributed by atoms with Gasteiger partial charge in [0.1, 0.15) is 5.56 Å². The lowest BCUT2D eigenvalue weighted by atomic mass is 9.95. The lowest BCUT2D eigenvalue weighted by Gasteiger charge is -2.17. The molecule has 0 fully saturated rings. The van der Waals surface area contributed by atoms with E-state index in [9.17, 15) is 22.8 Å². The molecule has 0 radical (unpaired) electrons. The third-order valence-electron chi connectivity index (χ3n) is 4.99. The Bertz CT molecular complexity index is 1170. The van der Waals surface area contributed by atoms with Gasteiger partial charge in [0.25, 0.3) is 0 Å². The molecule has 0 aliphatic heterocycles. The van der Waals surface area contributed by atoms with Gasteiger partial charge >= 0.3 is 6.18 Å². The van der Waals surface area contributed by atoms with E-state index in [1.54, 1.807) is 37.3 Å². The fourth-order valence-electron chi connectivity index (χ4n) is 3.45. The second kappa shape index (κ2) is 9.16. The Labute approximate surface area is 187 Å². The zero-order valence-corrected chi connectivity index (χ0v) is 18.3. The zero-order chi connectivity index (χ0) is 23.6. The summed E-state index contributed by atoms with van der Waals surface area (Å²) in [7, 11) is 0. The Morgan fingerprint density at radius 1 is 1.12 bits per heavy atom. The van der Waals surface area contributed by atoms with Gasteiger partial charge in [-0.3, -0.25) is 9.59 Å². The molecule has 0 spiro atoms. The lowest BCUT2D eigenvalue weighted by Crippen LogP contribution is -2.16. The third-order valence-corrected chi connectivity index (χ3v) is 5.48. The second-order valence-electron chi connectivity index (χ2n) is 7.14. The van der Waals surface area contributed by atoms with E-state index in [1.807, 2.05) is 0 Å². The van der Waals surface area contributed by atoms with Gasteiger partial charge in [-0.25, -0.2) is 4.68 Å². The van der Waals surface area contributed by atoms with Crippen LogP contribution in [0.4, 0.5) is 13.2 Å². The minimum atomic E-state index is -4.60. The average Bonchev–Trinajstić information content (AvgIpc) is 3.16. The summed E-state index contributed by atoms with van der Waals surface area (Å²) in [6.07, 6.45) is -3.34. The molecule has 0 aliphatic carbocycles. The molecule has 1 heterocycles. The first-order valence-corrected chi connectivity index (χ1v) is 10.1. The van der Waals surface area contributed by atoms with E-state index < -0.39 is 17.5 Å². The Morgan fingerprint density at radius 3 is 2.38 bits per heavy atom. The van der Waals surface area contributed by atoms with Gasteiger partial charge in [-0.05, 0) is 38.0 Å². The number of benzene rings is 2. The summed E-state index contributed by atoms with van der Waals surface area (Å²) in [5.74, 6) is -0.892. The zero-order valence-electron chi connectivity index (χ0n) is 17.6. The minimum Gasteiger partial charge on any atom is -0.469 e. The van der Waals surface area contributed by atoms with Crippen molar-refractivity contribution in [2.45, 2.75) is 33.5 Å². The van der Waals surface area contributed by atoms with Crippen LogP contribution >= 0.6 is 11.6 Å². The fraction of sp³-hybridized carbons (Fsp3) is 0.261. The maximum absolute atomic E-state index is 13.4. The van der Waals surface area contributed by atoms with Crippen LogP contribution < -0.4 is 4.74 Å². The second-order valence-corrected chi connectivity index (χ2v) is 7.52. The molecule has 0 saturated carbocycles. The Kier molecular flexibility index (Phi) is 6.74. The van der Waals surface area contributed by atoms with Crippen molar-refractivity contribution < 1.29 is 27.5 Å². The number of alkyl halides is 3. The Morgan fingerprint density at radius 2 is 1.78 bits per heavy atom. The van der Waals surface area contributed by atoms with Crippen LogP contribution in [-0.4, -0.2) is 28.0 Å². The summed E-state index contributed by atoms with van der Waals surface area (Å²) in [5, 5.41) is 3.81. The fourth-order valence-corrected chi connectivity index (χ4v) is 3.69. The number of halogens is 4. The van der Waals surface area contributed by atoms with Crippen LogP contribution in [-0.2, 0) is 12.7 Å². The standard InChI is InChI=1S/C23H20ClF3N2O3/c1-4-29-22(32-12-18(30)15-8-6-5-7-9-15)17(11-28-29)21(31)16-10-13(2)19(23(25,26)27)14(3)20(16)24/h5-11H,4,12H2,1-3H3. The van der Waals surface area contributed by atoms with Crippen LogP contribution in [0.15, 0.2) is 42.6 Å². The molecule has 5 nitrogen and oxygen atoms in total. The van der Waals surface area contributed by atoms with E-state index in [0.29, 0.717) is 12.1 Å². The van der Waals surface area contributed by atoms with Crippen LogP contribution in [0.5, 0.6) is 5.88 Å². The molecule has 32 heavy (non-hydrogen) atoms. The number of Topliss-reactive ketones (excluding diaryl/α,β-unsaturated/α-hetero) is 1. The number of nitrogens with zero attached hydrogens (tertiary/aromatic N) is 2. The van der Waals surface area contributed by atoms with E-state index >= 15 is 0 Å². The largest absolute Gasteiger partial charge is 0.469 e. The molecular formula is C23H20ClF3N2O3. The molecule has 0 unspecified atom stereocenters. The first-order chi connectivity index (χ1) is 15.1. The summed E-state index contributed by atoms with van der Waals surface area (Å²) >= 11 is 6.18. The van der Waals surface area contributed by atoms with Crippen molar-refractivity contribution >= 4 is 23.2 Å². The van der Waals surface area contributed by atoms with Gasteiger partial charge in [-0.1, -0.05) is 41.9 Å². The molecule has 0 saturated heterocycles. The number of hydrogen-bond acceptors (Lipinski definition) is 4. The van der Waals surface area contributed by atoms with E-state index in [1.165, 1.54) is 24.7 Å². The number of rotatable bonds is 7. The van der Waals surface area contributed by atoms with Crippen molar-refractivity contribution in [3.8, 4) is 5.88 Å². The van der Waals surface area contributed by atoms with Crippen LogP contribution in [0.25, 0.3) is 0 Å². The van der Waals surface area contributed by atoms with Crippen molar-refractivity contribution in [2.75, 3.05) is 6.61 Å². The smallest absolute Gasteiger partial charge is 0.416 e. The molecule has 0 bridgehead atoms. The summed E-state index contributed by atoms with van der Waals surface area (Å²) in [6, 6.07) is 9.61. The van der Waals surface area contributed by atoms with Crippen LogP contribution in [0, 0.1) is 13.8 Å². The maximum Gasteiger partial charge on any atom is 0.416 e.